The number of rotatable bonds is 10. The number of ether oxygens (including phenoxy) is 2. The van der Waals surface area contributed by atoms with Gasteiger partial charge in [0.2, 0.25) is 17.7 Å². The van der Waals surface area contributed by atoms with E-state index in [2.05, 4.69) is 0 Å². The lowest BCUT2D eigenvalue weighted by molar-refractivity contribution is -0.141. The Kier molecular flexibility index (Phi) is 8.50. The zero-order chi connectivity index (χ0) is 22.3. The van der Waals surface area contributed by atoms with Crippen molar-refractivity contribution in [3.63, 3.8) is 0 Å². The average Bonchev–Trinajstić information content (AvgIpc) is 3.12. The molecule has 1 aromatic carbocycles. The molecule has 0 saturated carbocycles. The number of amides is 3. The number of hydrogen-bond acceptors (Lipinski definition) is 5. The van der Waals surface area contributed by atoms with Gasteiger partial charge in [-0.3, -0.25) is 14.4 Å². The van der Waals surface area contributed by atoms with E-state index in [1.54, 1.807) is 31.1 Å². The van der Waals surface area contributed by atoms with Gasteiger partial charge >= 0.3 is 0 Å². The van der Waals surface area contributed by atoms with E-state index in [-0.39, 0.29) is 30.7 Å². The van der Waals surface area contributed by atoms with Gasteiger partial charge in [0.05, 0.1) is 26.7 Å². The molecule has 1 fully saturated rings. The van der Waals surface area contributed by atoms with Crippen molar-refractivity contribution < 1.29 is 23.9 Å². The summed E-state index contributed by atoms with van der Waals surface area (Å²) < 4.78 is 10.6. The normalized spacial score (nSPS) is 15.8. The summed E-state index contributed by atoms with van der Waals surface area (Å²) >= 11 is 0. The van der Waals surface area contributed by atoms with Gasteiger partial charge < -0.3 is 24.2 Å². The molecule has 1 saturated heterocycles. The Balaban J connectivity index is 1.91. The van der Waals surface area contributed by atoms with Gasteiger partial charge in [-0.2, -0.15) is 0 Å². The molecule has 8 heteroatoms. The number of methoxy groups -OCH3 is 2. The molecule has 1 heterocycles. The molecule has 0 unspecified atom stereocenters. The minimum Gasteiger partial charge on any atom is -0.493 e. The second-order valence-electron chi connectivity index (χ2n) is 7.44. The highest BCUT2D eigenvalue weighted by atomic mass is 16.5. The van der Waals surface area contributed by atoms with Crippen molar-refractivity contribution >= 4 is 17.7 Å². The number of hydrogen-bond donors (Lipinski definition) is 0. The highest BCUT2D eigenvalue weighted by Crippen LogP contribution is 2.28. The minimum atomic E-state index is -0.405. The van der Waals surface area contributed by atoms with Gasteiger partial charge in [-0.15, -0.1) is 0 Å². The molecule has 0 bridgehead atoms. The summed E-state index contributed by atoms with van der Waals surface area (Å²) in [6, 6.07) is 5.68. The summed E-state index contributed by atoms with van der Waals surface area (Å²) in [7, 11) is 4.80. The molecule has 1 aliphatic heterocycles. The zero-order valence-corrected chi connectivity index (χ0v) is 18.6. The summed E-state index contributed by atoms with van der Waals surface area (Å²) in [5, 5.41) is 0. The van der Waals surface area contributed by atoms with Crippen LogP contribution in [-0.2, 0) is 20.8 Å². The van der Waals surface area contributed by atoms with E-state index in [4.69, 9.17) is 9.47 Å². The summed E-state index contributed by atoms with van der Waals surface area (Å²) in [4.78, 5) is 42.3. The lowest BCUT2D eigenvalue weighted by Crippen LogP contribution is -2.43. The number of likely N-dealkylation sites (tertiary alicyclic amines) is 1. The van der Waals surface area contributed by atoms with Crippen LogP contribution in [0.25, 0.3) is 0 Å². The molecule has 3 amide bonds. The fourth-order valence-corrected chi connectivity index (χ4v) is 3.72. The van der Waals surface area contributed by atoms with Crippen LogP contribution in [0.3, 0.4) is 0 Å². The Morgan fingerprint density at radius 2 is 1.80 bits per heavy atom. The third kappa shape index (κ3) is 5.64. The van der Waals surface area contributed by atoms with E-state index < -0.39 is 5.92 Å². The Bertz CT molecular complexity index is 763. The van der Waals surface area contributed by atoms with Crippen LogP contribution in [0.2, 0.25) is 0 Å². The lowest BCUT2D eigenvalue weighted by Gasteiger charge is -2.25. The number of benzene rings is 1. The topological polar surface area (TPSA) is 79.4 Å². The van der Waals surface area contributed by atoms with Gasteiger partial charge in [0, 0.05) is 39.6 Å². The van der Waals surface area contributed by atoms with Crippen molar-refractivity contribution in [2.45, 2.75) is 26.7 Å². The Hall–Kier alpha value is -2.77. The molecular formula is C22H33N3O5. The maximum absolute atomic E-state index is 12.7. The van der Waals surface area contributed by atoms with Gasteiger partial charge in [0.15, 0.2) is 11.5 Å². The molecule has 166 valence electrons. The van der Waals surface area contributed by atoms with Crippen LogP contribution in [0.15, 0.2) is 18.2 Å². The molecule has 0 aromatic heterocycles. The van der Waals surface area contributed by atoms with E-state index in [0.29, 0.717) is 44.1 Å². The van der Waals surface area contributed by atoms with Crippen molar-refractivity contribution in [2.24, 2.45) is 5.92 Å². The molecule has 2 rings (SSSR count). The van der Waals surface area contributed by atoms with Crippen LogP contribution >= 0.6 is 0 Å². The van der Waals surface area contributed by atoms with E-state index in [1.807, 2.05) is 32.0 Å². The van der Waals surface area contributed by atoms with Gasteiger partial charge in [0.1, 0.15) is 0 Å². The highest BCUT2D eigenvalue weighted by Gasteiger charge is 2.36. The standard InChI is InChI=1S/C22H33N3O5/c1-6-24(7-2)21(27)15-23(3)22(28)17-13-20(26)25(14-17)11-10-16-8-9-18(29-4)19(12-16)30-5/h8-9,12,17H,6-7,10-11,13-15H2,1-5H3/t17-/m0/s1. The Morgan fingerprint density at radius 3 is 2.40 bits per heavy atom. The minimum absolute atomic E-state index is 0.0303. The first kappa shape index (κ1) is 23.5. The van der Waals surface area contributed by atoms with Crippen molar-refractivity contribution in [3.8, 4) is 11.5 Å². The quantitative estimate of drug-likeness (QED) is 0.573. The van der Waals surface area contributed by atoms with Crippen molar-refractivity contribution in [2.75, 3.05) is 54.0 Å². The molecule has 1 aromatic rings. The lowest BCUT2D eigenvalue weighted by atomic mass is 10.1. The molecule has 0 N–H and O–H groups in total. The summed E-state index contributed by atoms with van der Waals surface area (Å²) in [6.07, 6.45) is 0.845. The fourth-order valence-electron chi connectivity index (χ4n) is 3.72. The molecule has 1 atom stereocenters. The van der Waals surface area contributed by atoms with Crippen LogP contribution in [0.5, 0.6) is 11.5 Å². The maximum atomic E-state index is 12.7. The average molecular weight is 420 g/mol. The van der Waals surface area contributed by atoms with Gasteiger partial charge in [0.25, 0.3) is 0 Å². The predicted molar refractivity (Wildman–Crippen MR) is 114 cm³/mol. The SMILES string of the molecule is CCN(CC)C(=O)CN(C)C(=O)[C@H]1CC(=O)N(CCc2ccc(OC)c(OC)c2)C1. The number of carbonyl (C=O) groups is 3. The second kappa shape index (κ2) is 10.8. The van der Waals surface area contributed by atoms with Crippen LogP contribution < -0.4 is 9.47 Å². The number of likely N-dealkylation sites (N-methyl/N-ethyl adjacent to an activating group) is 2. The van der Waals surface area contributed by atoms with Gasteiger partial charge in [-0.05, 0) is 38.0 Å². The van der Waals surface area contributed by atoms with Crippen molar-refractivity contribution in [1.82, 2.24) is 14.7 Å². The molecular weight excluding hydrogens is 386 g/mol. The predicted octanol–water partition coefficient (Wildman–Crippen LogP) is 1.42. The highest BCUT2D eigenvalue weighted by molar-refractivity contribution is 5.91. The first-order valence-electron chi connectivity index (χ1n) is 10.4. The molecule has 0 aliphatic carbocycles. The first-order chi connectivity index (χ1) is 14.3. The smallest absolute Gasteiger partial charge is 0.242 e. The number of carbonyl (C=O) groups excluding carboxylic acids is 3. The van der Waals surface area contributed by atoms with Crippen molar-refractivity contribution in [3.05, 3.63) is 23.8 Å². The van der Waals surface area contributed by atoms with Crippen LogP contribution in [0.4, 0.5) is 0 Å². The van der Waals surface area contributed by atoms with E-state index >= 15 is 0 Å². The summed E-state index contributed by atoms with van der Waals surface area (Å²) in [5.74, 6) is 0.638. The molecule has 8 nitrogen and oxygen atoms in total. The van der Waals surface area contributed by atoms with Crippen molar-refractivity contribution in [1.29, 1.82) is 0 Å². The number of nitrogens with zero attached hydrogens (tertiary/aromatic N) is 3. The summed E-state index contributed by atoms with van der Waals surface area (Å²) in [5.41, 5.74) is 1.03. The fraction of sp³-hybridized carbons (Fsp3) is 0.591. The molecule has 30 heavy (non-hydrogen) atoms. The van der Waals surface area contributed by atoms with Crippen LogP contribution in [0.1, 0.15) is 25.8 Å². The van der Waals surface area contributed by atoms with Crippen LogP contribution in [0, 0.1) is 5.92 Å². The third-order valence-electron chi connectivity index (χ3n) is 5.55. The Labute approximate surface area is 178 Å². The second-order valence-corrected chi connectivity index (χ2v) is 7.44. The largest absolute Gasteiger partial charge is 0.493 e. The van der Waals surface area contributed by atoms with Gasteiger partial charge in [-0.1, -0.05) is 6.07 Å². The first-order valence-corrected chi connectivity index (χ1v) is 10.4. The van der Waals surface area contributed by atoms with E-state index in [1.165, 1.54) is 4.90 Å². The van der Waals surface area contributed by atoms with E-state index in [0.717, 1.165) is 5.56 Å². The monoisotopic (exact) mass is 419 g/mol. The molecule has 0 spiro atoms. The van der Waals surface area contributed by atoms with E-state index in [9.17, 15) is 14.4 Å². The maximum Gasteiger partial charge on any atom is 0.242 e. The summed E-state index contributed by atoms with van der Waals surface area (Å²) in [6.45, 7) is 6.00. The third-order valence-corrected chi connectivity index (χ3v) is 5.55. The van der Waals surface area contributed by atoms with Crippen LogP contribution in [-0.4, -0.2) is 86.4 Å². The zero-order valence-electron chi connectivity index (χ0n) is 18.6. The Morgan fingerprint density at radius 1 is 1.13 bits per heavy atom. The molecule has 0 radical (unpaired) electrons. The van der Waals surface area contributed by atoms with Gasteiger partial charge in [-0.25, -0.2) is 0 Å². The molecule has 1 aliphatic rings.